The smallest absolute Gasteiger partial charge is 0.333 e. The van der Waals surface area contributed by atoms with Gasteiger partial charge in [0.1, 0.15) is 13.2 Å². The molecule has 2 aliphatic rings. The highest BCUT2D eigenvalue weighted by molar-refractivity contribution is 5.85. The summed E-state index contributed by atoms with van der Waals surface area (Å²) in [5.74, 6) is 0.855. The number of carbonyl (C=O) groups excluding carboxylic acids is 4. The van der Waals surface area contributed by atoms with Gasteiger partial charge in [-0.2, -0.15) is 0 Å². The normalized spacial score (nSPS) is 16.3. The Labute approximate surface area is 240 Å². The second-order valence-corrected chi connectivity index (χ2v) is 9.14. The Morgan fingerprint density at radius 1 is 0.571 bits per heavy atom. The third-order valence-corrected chi connectivity index (χ3v) is 6.10. The fraction of sp³-hybridized carbons (Fsp3) is 0.214. The van der Waals surface area contributed by atoms with Gasteiger partial charge in [-0.25, -0.2) is 20.4 Å². The van der Waals surface area contributed by atoms with Crippen molar-refractivity contribution in [3.8, 4) is 23.0 Å². The number of carbonyl (C=O) groups is 4. The Morgan fingerprint density at radius 3 is 1.45 bits per heavy atom. The molecular formula is C28H28N6O8. The van der Waals surface area contributed by atoms with E-state index in [0.29, 0.717) is 23.0 Å². The maximum atomic E-state index is 12.3. The van der Waals surface area contributed by atoms with Crippen molar-refractivity contribution in [1.29, 1.82) is 0 Å². The van der Waals surface area contributed by atoms with E-state index in [1.807, 2.05) is 0 Å². The first-order valence-corrected chi connectivity index (χ1v) is 13.0. The van der Waals surface area contributed by atoms with Gasteiger partial charge >= 0.3 is 12.1 Å². The molecule has 3 aromatic rings. The molecule has 2 aliphatic heterocycles. The number of rotatable bonds is 6. The third kappa shape index (κ3) is 7.29. The number of urea groups is 2. The monoisotopic (exact) mass is 576 g/mol. The second-order valence-electron chi connectivity index (χ2n) is 9.14. The highest BCUT2D eigenvalue weighted by Crippen LogP contribution is 2.31. The SMILES string of the molecule is O=C(NCc1cccc(CNC(=O)NNC(=O)C2COc3ccccc3O2)c1)NNC(=O)C1COc2ccccc2O1. The molecule has 0 saturated heterocycles. The molecule has 42 heavy (non-hydrogen) atoms. The van der Waals surface area contributed by atoms with Crippen LogP contribution in [-0.2, 0) is 22.7 Å². The van der Waals surface area contributed by atoms with E-state index in [-0.39, 0.29) is 26.3 Å². The molecule has 0 saturated carbocycles. The number of hydrogen-bond donors (Lipinski definition) is 6. The van der Waals surface area contributed by atoms with Crippen molar-refractivity contribution in [1.82, 2.24) is 32.3 Å². The second kappa shape index (κ2) is 13.1. The predicted octanol–water partition coefficient (Wildman–Crippen LogP) is 1.03. The van der Waals surface area contributed by atoms with Gasteiger partial charge in [0.2, 0.25) is 12.2 Å². The van der Waals surface area contributed by atoms with Crippen LogP contribution in [0.25, 0.3) is 0 Å². The van der Waals surface area contributed by atoms with Crippen LogP contribution in [0, 0.1) is 0 Å². The molecular weight excluding hydrogens is 548 g/mol. The lowest BCUT2D eigenvalue weighted by Gasteiger charge is -2.25. The highest BCUT2D eigenvalue weighted by atomic mass is 16.6. The largest absolute Gasteiger partial charge is 0.485 e. The minimum absolute atomic E-state index is 0.0102. The summed E-state index contributed by atoms with van der Waals surface area (Å²) >= 11 is 0. The quantitative estimate of drug-likeness (QED) is 0.236. The van der Waals surface area contributed by atoms with Gasteiger partial charge < -0.3 is 29.6 Å². The summed E-state index contributed by atoms with van der Waals surface area (Å²) in [4.78, 5) is 49.0. The van der Waals surface area contributed by atoms with E-state index < -0.39 is 36.1 Å². The van der Waals surface area contributed by atoms with Gasteiger partial charge in [0.15, 0.2) is 23.0 Å². The maximum absolute atomic E-state index is 12.3. The van der Waals surface area contributed by atoms with Gasteiger partial charge in [-0.1, -0.05) is 48.5 Å². The van der Waals surface area contributed by atoms with Crippen molar-refractivity contribution in [2.75, 3.05) is 13.2 Å². The van der Waals surface area contributed by atoms with Crippen LogP contribution in [0.3, 0.4) is 0 Å². The molecule has 0 spiro atoms. The predicted molar refractivity (Wildman–Crippen MR) is 146 cm³/mol. The minimum atomic E-state index is -0.915. The molecule has 6 amide bonds. The zero-order valence-corrected chi connectivity index (χ0v) is 22.2. The van der Waals surface area contributed by atoms with Crippen LogP contribution in [0.1, 0.15) is 11.1 Å². The summed E-state index contributed by atoms with van der Waals surface area (Å²) in [6.07, 6.45) is -1.83. The third-order valence-electron chi connectivity index (χ3n) is 6.10. The fourth-order valence-corrected chi connectivity index (χ4v) is 4.00. The first-order valence-electron chi connectivity index (χ1n) is 13.0. The Bertz CT molecular complexity index is 1360. The Hall–Kier alpha value is -5.66. The van der Waals surface area contributed by atoms with Crippen LogP contribution >= 0.6 is 0 Å². The Morgan fingerprint density at radius 2 is 1.00 bits per heavy atom. The van der Waals surface area contributed by atoms with E-state index in [4.69, 9.17) is 18.9 Å². The molecule has 0 bridgehead atoms. The fourth-order valence-electron chi connectivity index (χ4n) is 4.00. The van der Waals surface area contributed by atoms with Gasteiger partial charge in [-0.3, -0.25) is 20.4 Å². The lowest BCUT2D eigenvalue weighted by Crippen LogP contribution is -2.53. The lowest BCUT2D eigenvalue weighted by atomic mass is 10.1. The number of benzene rings is 3. The van der Waals surface area contributed by atoms with Crippen molar-refractivity contribution in [3.63, 3.8) is 0 Å². The Kier molecular flexibility index (Phi) is 8.72. The molecule has 14 nitrogen and oxygen atoms in total. The molecule has 14 heteroatoms. The van der Waals surface area contributed by atoms with Crippen molar-refractivity contribution in [2.24, 2.45) is 0 Å². The van der Waals surface area contributed by atoms with E-state index in [0.717, 1.165) is 11.1 Å². The van der Waals surface area contributed by atoms with E-state index in [9.17, 15) is 19.2 Å². The van der Waals surface area contributed by atoms with Crippen molar-refractivity contribution < 1.29 is 38.1 Å². The number of amides is 6. The van der Waals surface area contributed by atoms with Gasteiger partial charge in [-0.05, 0) is 35.4 Å². The first kappa shape index (κ1) is 27.9. The molecule has 3 aromatic carbocycles. The summed E-state index contributed by atoms with van der Waals surface area (Å²) in [5.41, 5.74) is 10.7. The molecule has 218 valence electrons. The molecule has 6 N–H and O–H groups in total. The van der Waals surface area contributed by atoms with Crippen molar-refractivity contribution >= 4 is 23.9 Å². The standard InChI is InChI=1S/C28H28N6O8/c35-25(23-15-39-19-8-1-3-10-21(19)41-23)31-33-27(37)29-13-17-6-5-7-18(12-17)14-30-28(38)34-32-26(36)24-16-40-20-9-2-4-11-22(20)42-24/h1-12,23-24H,13-16H2,(H,31,35)(H,32,36)(H2,29,33,37)(H2,30,34,38). The molecule has 2 atom stereocenters. The summed E-state index contributed by atoms with van der Waals surface area (Å²) in [5, 5.41) is 5.26. The minimum Gasteiger partial charge on any atom is -0.485 e. The summed E-state index contributed by atoms with van der Waals surface area (Å²) in [6, 6.07) is 19.8. The molecule has 5 rings (SSSR count). The number of fused-ring (bicyclic) bond motifs is 2. The van der Waals surface area contributed by atoms with Gasteiger partial charge in [0.25, 0.3) is 11.8 Å². The Balaban J connectivity index is 0.988. The van der Waals surface area contributed by atoms with E-state index >= 15 is 0 Å². The summed E-state index contributed by atoms with van der Waals surface area (Å²) in [6.45, 7) is 0.328. The summed E-state index contributed by atoms with van der Waals surface area (Å²) < 4.78 is 22.2. The molecule has 0 aliphatic carbocycles. The van der Waals surface area contributed by atoms with Crippen LogP contribution in [0.5, 0.6) is 23.0 Å². The molecule has 2 unspecified atom stereocenters. The number of nitrogens with one attached hydrogen (secondary N) is 6. The topological polar surface area (TPSA) is 177 Å². The van der Waals surface area contributed by atoms with Crippen LogP contribution in [-0.4, -0.2) is 49.3 Å². The van der Waals surface area contributed by atoms with E-state index in [1.54, 1.807) is 72.8 Å². The number of para-hydroxylation sites is 4. The van der Waals surface area contributed by atoms with Crippen LogP contribution < -0.4 is 51.3 Å². The van der Waals surface area contributed by atoms with Gasteiger partial charge in [-0.15, -0.1) is 0 Å². The van der Waals surface area contributed by atoms with Crippen molar-refractivity contribution in [3.05, 3.63) is 83.9 Å². The van der Waals surface area contributed by atoms with Crippen LogP contribution in [0.15, 0.2) is 72.8 Å². The zero-order valence-electron chi connectivity index (χ0n) is 22.2. The lowest BCUT2D eigenvalue weighted by molar-refractivity contribution is -0.131. The average molecular weight is 577 g/mol. The van der Waals surface area contributed by atoms with Crippen LogP contribution in [0.4, 0.5) is 9.59 Å². The molecule has 0 aromatic heterocycles. The highest BCUT2D eigenvalue weighted by Gasteiger charge is 2.28. The zero-order chi connectivity index (χ0) is 29.3. The number of ether oxygens (including phenoxy) is 4. The van der Waals surface area contributed by atoms with Gasteiger partial charge in [0, 0.05) is 13.1 Å². The number of hydrogen-bond acceptors (Lipinski definition) is 8. The van der Waals surface area contributed by atoms with Crippen LogP contribution in [0.2, 0.25) is 0 Å². The molecule has 0 fully saturated rings. The van der Waals surface area contributed by atoms with Gasteiger partial charge in [0.05, 0.1) is 0 Å². The maximum Gasteiger partial charge on any atom is 0.333 e. The summed E-state index contributed by atoms with van der Waals surface area (Å²) in [7, 11) is 0. The van der Waals surface area contributed by atoms with E-state index in [2.05, 4.69) is 32.3 Å². The molecule has 2 heterocycles. The van der Waals surface area contributed by atoms with Crippen molar-refractivity contribution in [2.45, 2.75) is 25.3 Å². The average Bonchev–Trinajstić information content (AvgIpc) is 3.03. The van der Waals surface area contributed by atoms with E-state index in [1.165, 1.54) is 0 Å². The first-order chi connectivity index (χ1) is 20.4. The molecule has 0 radical (unpaired) electrons. The number of hydrazine groups is 2.